The van der Waals surface area contributed by atoms with Crippen LogP contribution in [0.2, 0.25) is 0 Å². The van der Waals surface area contributed by atoms with Crippen LogP contribution in [0.25, 0.3) is 10.9 Å². The number of pyridine rings is 1. The minimum absolute atomic E-state index is 0.331. The third-order valence-electron chi connectivity index (χ3n) is 5.83. The molecule has 3 unspecified atom stereocenters. The van der Waals surface area contributed by atoms with Crippen LogP contribution in [0.3, 0.4) is 0 Å². The van der Waals surface area contributed by atoms with Gasteiger partial charge in [-0.3, -0.25) is 14.7 Å². The van der Waals surface area contributed by atoms with Gasteiger partial charge in [0.2, 0.25) is 0 Å². The normalized spacial score (nSPS) is 27.3. The maximum atomic E-state index is 11.8. The summed E-state index contributed by atoms with van der Waals surface area (Å²) < 4.78 is 0. The van der Waals surface area contributed by atoms with E-state index < -0.39 is 5.97 Å². The van der Waals surface area contributed by atoms with Crippen LogP contribution in [0.5, 0.6) is 0 Å². The fraction of sp³-hybridized carbons (Fsp3) is 0.500. The lowest BCUT2D eigenvalue weighted by atomic mass is 9.84. The van der Waals surface area contributed by atoms with Crippen LogP contribution in [0, 0.1) is 12.8 Å². The second kappa shape index (κ2) is 6.17. The Balaban J connectivity index is 1.66. The minimum atomic E-state index is -0.663. The van der Waals surface area contributed by atoms with Crippen molar-refractivity contribution in [3.8, 4) is 0 Å². The molecule has 1 N–H and O–H groups in total. The van der Waals surface area contributed by atoms with Gasteiger partial charge in [0.1, 0.15) is 6.04 Å². The van der Waals surface area contributed by atoms with Gasteiger partial charge in [-0.05, 0) is 55.4 Å². The van der Waals surface area contributed by atoms with Crippen molar-refractivity contribution in [2.75, 3.05) is 0 Å². The van der Waals surface area contributed by atoms with Crippen molar-refractivity contribution in [2.45, 2.75) is 57.7 Å². The quantitative estimate of drug-likeness (QED) is 0.934. The Labute approximate surface area is 142 Å². The number of benzene rings is 1. The smallest absolute Gasteiger partial charge is 0.320 e. The molecule has 4 rings (SSSR count). The van der Waals surface area contributed by atoms with E-state index in [1.54, 1.807) is 0 Å². The molecular formula is C20H24N2O2. The number of rotatable bonds is 3. The molecule has 1 aromatic heterocycles. The number of fused-ring (bicyclic) bond motifs is 2. The largest absolute Gasteiger partial charge is 0.480 e. The summed E-state index contributed by atoms with van der Waals surface area (Å²) in [5.74, 6) is -0.105. The van der Waals surface area contributed by atoms with Gasteiger partial charge >= 0.3 is 5.97 Å². The van der Waals surface area contributed by atoms with Crippen molar-refractivity contribution in [1.29, 1.82) is 0 Å². The lowest BCUT2D eigenvalue weighted by Crippen LogP contribution is -2.41. The Bertz CT molecular complexity index is 773. The highest BCUT2D eigenvalue weighted by molar-refractivity contribution is 5.82. The molecule has 0 spiro atoms. The predicted molar refractivity (Wildman–Crippen MR) is 93.8 cm³/mol. The maximum absolute atomic E-state index is 11.8. The molecule has 4 nitrogen and oxygen atoms in total. The molecule has 2 aliphatic rings. The fourth-order valence-electron chi connectivity index (χ4n) is 4.78. The average molecular weight is 324 g/mol. The zero-order valence-corrected chi connectivity index (χ0v) is 14.1. The van der Waals surface area contributed by atoms with Crippen molar-refractivity contribution in [2.24, 2.45) is 5.92 Å². The molecule has 0 amide bonds. The molecule has 2 heterocycles. The summed E-state index contributed by atoms with van der Waals surface area (Å²) in [5.41, 5.74) is 3.40. The van der Waals surface area contributed by atoms with Crippen molar-refractivity contribution in [3.63, 3.8) is 0 Å². The summed E-state index contributed by atoms with van der Waals surface area (Å²) in [6.07, 6.45) is 7.44. The predicted octanol–water partition coefficient (Wildman–Crippen LogP) is 3.76. The number of hydrogen-bond acceptors (Lipinski definition) is 3. The van der Waals surface area contributed by atoms with Crippen LogP contribution in [0.1, 0.15) is 43.2 Å². The number of hydrogen-bond donors (Lipinski definition) is 1. The SMILES string of the molecule is Cc1cc(CN2C(C(=O)O)CC3CCCCC32)cc2cccnc12. The van der Waals surface area contributed by atoms with Crippen LogP contribution in [0.4, 0.5) is 0 Å². The van der Waals surface area contributed by atoms with Crippen molar-refractivity contribution in [3.05, 3.63) is 41.6 Å². The van der Waals surface area contributed by atoms with E-state index in [0.29, 0.717) is 12.0 Å². The topological polar surface area (TPSA) is 53.4 Å². The Hall–Kier alpha value is -1.94. The molecule has 126 valence electrons. The van der Waals surface area contributed by atoms with E-state index in [4.69, 9.17) is 0 Å². The zero-order valence-electron chi connectivity index (χ0n) is 14.1. The van der Waals surface area contributed by atoms with Gasteiger partial charge in [0.15, 0.2) is 0 Å². The van der Waals surface area contributed by atoms with Gasteiger partial charge in [-0.25, -0.2) is 0 Å². The number of aryl methyl sites for hydroxylation is 1. The van der Waals surface area contributed by atoms with E-state index in [1.165, 1.54) is 24.8 Å². The second-order valence-electron chi connectivity index (χ2n) is 7.36. The first-order valence-corrected chi connectivity index (χ1v) is 8.96. The lowest BCUT2D eigenvalue weighted by Gasteiger charge is -2.33. The van der Waals surface area contributed by atoms with Crippen LogP contribution in [0.15, 0.2) is 30.5 Å². The first-order chi connectivity index (χ1) is 11.6. The number of aromatic nitrogens is 1. The Morgan fingerprint density at radius 3 is 3.00 bits per heavy atom. The van der Waals surface area contributed by atoms with Gasteiger partial charge in [0, 0.05) is 24.2 Å². The molecule has 24 heavy (non-hydrogen) atoms. The molecule has 3 atom stereocenters. The van der Waals surface area contributed by atoms with E-state index in [9.17, 15) is 9.90 Å². The van der Waals surface area contributed by atoms with E-state index in [2.05, 4.69) is 35.0 Å². The van der Waals surface area contributed by atoms with Crippen molar-refractivity contribution in [1.82, 2.24) is 9.88 Å². The van der Waals surface area contributed by atoms with Crippen LogP contribution in [-0.2, 0) is 11.3 Å². The monoisotopic (exact) mass is 324 g/mol. The molecule has 0 bridgehead atoms. The van der Waals surface area contributed by atoms with Gasteiger partial charge in [-0.1, -0.05) is 25.0 Å². The summed E-state index contributed by atoms with van der Waals surface area (Å²) in [6, 6.07) is 8.49. The van der Waals surface area contributed by atoms with E-state index >= 15 is 0 Å². The zero-order chi connectivity index (χ0) is 16.7. The van der Waals surface area contributed by atoms with Crippen molar-refractivity contribution >= 4 is 16.9 Å². The van der Waals surface area contributed by atoms with E-state index in [-0.39, 0.29) is 6.04 Å². The first kappa shape index (κ1) is 15.6. The van der Waals surface area contributed by atoms with Gasteiger partial charge < -0.3 is 5.11 Å². The summed E-state index contributed by atoms with van der Waals surface area (Å²) in [6.45, 7) is 2.81. The summed E-state index contributed by atoms with van der Waals surface area (Å²) in [5, 5.41) is 10.8. The van der Waals surface area contributed by atoms with Gasteiger partial charge in [0.05, 0.1) is 5.52 Å². The van der Waals surface area contributed by atoms with Crippen LogP contribution < -0.4 is 0 Å². The van der Waals surface area contributed by atoms with Crippen molar-refractivity contribution < 1.29 is 9.90 Å². The third kappa shape index (κ3) is 2.69. The highest BCUT2D eigenvalue weighted by Gasteiger charge is 2.44. The maximum Gasteiger partial charge on any atom is 0.320 e. The molecule has 4 heteroatoms. The van der Waals surface area contributed by atoms with Crippen LogP contribution >= 0.6 is 0 Å². The Kier molecular flexibility index (Phi) is 4.01. The molecular weight excluding hydrogens is 300 g/mol. The summed E-state index contributed by atoms with van der Waals surface area (Å²) in [4.78, 5) is 18.5. The Morgan fingerprint density at radius 1 is 1.33 bits per heavy atom. The molecule has 1 aliphatic heterocycles. The van der Waals surface area contributed by atoms with Crippen LogP contribution in [-0.4, -0.2) is 33.0 Å². The highest BCUT2D eigenvalue weighted by Crippen LogP contribution is 2.40. The van der Waals surface area contributed by atoms with Gasteiger partial charge in [0.25, 0.3) is 0 Å². The highest BCUT2D eigenvalue weighted by atomic mass is 16.4. The average Bonchev–Trinajstić information content (AvgIpc) is 2.94. The molecule has 1 saturated heterocycles. The number of nitrogens with zero attached hydrogens (tertiary/aromatic N) is 2. The molecule has 1 aliphatic carbocycles. The number of aliphatic carboxylic acids is 1. The van der Waals surface area contributed by atoms with Gasteiger partial charge in [-0.2, -0.15) is 0 Å². The number of carboxylic acid groups (broad SMARTS) is 1. The summed E-state index contributed by atoms with van der Waals surface area (Å²) in [7, 11) is 0. The number of carboxylic acids is 1. The molecule has 1 aromatic carbocycles. The minimum Gasteiger partial charge on any atom is -0.480 e. The second-order valence-corrected chi connectivity index (χ2v) is 7.36. The van der Waals surface area contributed by atoms with E-state index in [0.717, 1.165) is 35.9 Å². The lowest BCUT2D eigenvalue weighted by molar-refractivity contribution is -0.142. The Morgan fingerprint density at radius 2 is 2.17 bits per heavy atom. The first-order valence-electron chi connectivity index (χ1n) is 8.96. The summed E-state index contributed by atoms with van der Waals surface area (Å²) >= 11 is 0. The van der Waals surface area contributed by atoms with Gasteiger partial charge in [-0.15, -0.1) is 0 Å². The fourth-order valence-corrected chi connectivity index (χ4v) is 4.78. The molecule has 1 saturated carbocycles. The number of carbonyl (C=O) groups is 1. The number of likely N-dealkylation sites (tertiary alicyclic amines) is 1. The molecule has 2 fully saturated rings. The third-order valence-corrected chi connectivity index (χ3v) is 5.83. The molecule has 2 aromatic rings. The molecule has 0 radical (unpaired) electrons. The van der Waals surface area contributed by atoms with E-state index in [1.807, 2.05) is 12.3 Å². The standard InChI is InChI=1S/C20H24N2O2/c1-13-9-14(10-16-6-4-8-21-19(13)16)12-22-17-7-3-2-5-15(17)11-18(22)20(23)24/h4,6,8-10,15,17-18H,2-3,5,7,11-12H2,1H3,(H,23,24).